The molecule has 0 aromatic heterocycles. The summed E-state index contributed by atoms with van der Waals surface area (Å²) in [5.74, 6) is 2.16. The van der Waals surface area contributed by atoms with E-state index in [1.54, 1.807) is 0 Å². The van der Waals surface area contributed by atoms with Crippen LogP contribution in [0, 0.1) is 5.92 Å². The van der Waals surface area contributed by atoms with Gasteiger partial charge >= 0.3 is 0 Å². The number of piperidine rings is 1. The molecule has 1 aromatic carbocycles. The largest absolute Gasteiger partial charge is 0.454 e. The second-order valence-electron chi connectivity index (χ2n) is 6.76. The van der Waals surface area contributed by atoms with Gasteiger partial charge in [0.05, 0.1) is 12.1 Å². The SMILES string of the molecule is CCC(O)CN1CCC2NNC(c3ccc4c(c3)OCO4)C2C1. The van der Waals surface area contributed by atoms with Crippen molar-refractivity contribution in [3.05, 3.63) is 23.8 Å². The fraction of sp³-hybridized carbons (Fsp3) is 0.647. The van der Waals surface area contributed by atoms with Crippen molar-refractivity contribution in [3.63, 3.8) is 0 Å². The van der Waals surface area contributed by atoms with E-state index in [0.717, 1.165) is 44.0 Å². The van der Waals surface area contributed by atoms with Gasteiger partial charge in [-0.05, 0) is 37.1 Å². The fourth-order valence-corrected chi connectivity index (χ4v) is 3.90. The number of likely N-dealkylation sites (tertiary alicyclic amines) is 1. The highest BCUT2D eigenvalue weighted by Crippen LogP contribution is 2.39. The Hall–Kier alpha value is -1.34. The van der Waals surface area contributed by atoms with Crippen LogP contribution in [0.1, 0.15) is 31.4 Å². The molecule has 23 heavy (non-hydrogen) atoms. The number of ether oxygens (including phenoxy) is 2. The van der Waals surface area contributed by atoms with E-state index in [1.165, 1.54) is 5.56 Å². The van der Waals surface area contributed by atoms with Gasteiger partial charge in [0.25, 0.3) is 0 Å². The van der Waals surface area contributed by atoms with Crippen LogP contribution < -0.4 is 20.3 Å². The Labute approximate surface area is 136 Å². The van der Waals surface area contributed by atoms with Crippen LogP contribution in [0.2, 0.25) is 0 Å². The molecule has 0 spiro atoms. The number of rotatable bonds is 4. The molecule has 4 atom stereocenters. The second-order valence-corrected chi connectivity index (χ2v) is 6.76. The summed E-state index contributed by atoms with van der Waals surface area (Å²) in [7, 11) is 0. The molecule has 2 fully saturated rings. The number of nitrogens with one attached hydrogen (secondary N) is 2. The summed E-state index contributed by atoms with van der Waals surface area (Å²) in [5.41, 5.74) is 8.14. The Morgan fingerprint density at radius 3 is 3.04 bits per heavy atom. The highest BCUT2D eigenvalue weighted by molar-refractivity contribution is 5.45. The topological polar surface area (TPSA) is 66.0 Å². The van der Waals surface area contributed by atoms with Crippen molar-refractivity contribution in [1.82, 2.24) is 15.8 Å². The fourth-order valence-electron chi connectivity index (χ4n) is 3.90. The Morgan fingerprint density at radius 1 is 1.30 bits per heavy atom. The maximum Gasteiger partial charge on any atom is 0.231 e. The van der Waals surface area contributed by atoms with Gasteiger partial charge in [-0.1, -0.05) is 13.0 Å². The zero-order valence-corrected chi connectivity index (χ0v) is 13.5. The molecule has 6 nitrogen and oxygen atoms in total. The summed E-state index contributed by atoms with van der Waals surface area (Å²) in [6.45, 7) is 5.16. The molecule has 4 unspecified atom stereocenters. The van der Waals surface area contributed by atoms with Gasteiger partial charge in [0.1, 0.15) is 0 Å². The molecule has 3 aliphatic rings. The minimum absolute atomic E-state index is 0.224. The highest BCUT2D eigenvalue weighted by atomic mass is 16.7. The molecule has 0 amide bonds. The number of aliphatic hydroxyl groups is 1. The van der Waals surface area contributed by atoms with E-state index in [2.05, 4.69) is 27.9 Å². The molecule has 1 aromatic rings. The minimum Gasteiger partial charge on any atom is -0.454 e. The van der Waals surface area contributed by atoms with Crippen molar-refractivity contribution in [2.45, 2.75) is 38.0 Å². The predicted octanol–water partition coefficient (Wildman–Crippen LogP) is 1.03. The van der Waals surface area contributed by atoms with E-state index in [9.17, 15) is 5.11 Å². The third kappa shape index (κ3) is 2.92. The lowest BCUT2D eigenvalue weighted by Gasteiger charge is -2.37. The van der Waals surface area contributed by atoms with Crippen LogP contribution in [-0.4, -0.2) is 48.6 Å². The molecule has 0 radical (unpaired) electrons. The molecular formula is C17H25N3O3. The van der Waals surface area contributed by atoms with Crippen LogP contribution in [0.4, 0.5) is 0 Å². The van der Waals surface area contributed by atoms with Gasteiger partial charge in [-0.15, -0.1) is 0 Å². The lowest BCUT2D eigenvalue weighted by Crippen LogP contribution is -2.47. The third-order valence-corrected chi connectivity index (χ3v) is 5.29. The van der Waals surface area contributed by atoms with Gasteiger partial charge in [-0.25, -0.2) is 5.43 Å². The monoisotopic (exact) mass is 319 g/mol. The number of hydrogen-bond donors (Lipinski definition) is 3. The highest BCUT2D eigenvalue weighted by Gasteiger charge is 2.40. The predicted molar refractivity (Wildman–Crippen MR) is 86.2 cm³/mol. The van der Waals surface area contributed by atoms with E-state index in [4.69, 9.17) is 9.47 Å². The van der Waals surface area contributed by atoms with Gasteiger partial charge in [0.15, 0.2) is 11.5 Å². The van der Waals surface area contributed by atoms with Crippen LogP contribution in [-0.2, 0) is 0 Å². The van der Waals surface area contributed by atoms with Crippen LogP contribution in [0.15, 0.2) is 18.2 Å². The molecule has 3 N–H and O–H groups in total. The smallest absolute Gasteiger partial charge is 0.231 e. The summed E-state index contributed by atoms with van der Waals surface area (Å²) in [5, 5.41) is 9.94. The number of aliphatic hydroxyl groups excluding tert-OH is 1. The number of fused-ring (bicyclic) bond motifs is 2. The summed E-state index contributed by atoms with van der Waals surface area (Å²) >= 11 is 0. The van der Waals surface area contributed by atoms with Crippen molar-refractivity contribution < 1.29 is 14.6 Å². The molecule has 3 aliphatic heterocycles. The third-order valence-electron chi connectivity index (χ3n) is 5.29. The molecular weight excluding hydrogens is 294 g/mol. The first kappa shape index (κ1) is 15.2. The molecule has 126 valence electrons. The van der Waals surface area contributed by atoms with Gasteiger partial charge < -0.3 is 19.5 Å². The Morgan fingerprint density at radius 2 is 2.17 bits per heavy atom. The summed E-state index contributed by atoms with van der Waals surface area (Å²) in [4.78, 5) is 2.39. The number of hydrazine groups is 1. The van der Waals surface area contributed by atoms with Crippen molar-refractivity contribution >= 4 is 0 Å². The van der Waals surface area contributed by atoms with Crippen molar-refractivity contribution in [2.75, 3.05) is 26.4 Å². The van der Waals surface area contributed by atoms with E-state index in [1.807, 2.05) is 13.0 Å². The van der Waals surface area contributed by atoms with Gasteiger partial charge in [0.2, 0.25) is 6.79 Å². The molecule has 3 heterocycles. The number of β-amino-alcohol motifs (C(OH)–C–C–N with tert-alkyl or cyclic N) is 1. The maximum atomic E-state index is 9.94. The van der Waals surface area contributed by atoms with Crippen LogP contribution >= 0.6 is 0 Å². The van der Waals surface area contributed by atoms with Gasteiger partial charge in [0, 0.05) is 25.0 Å². The first-order chi connectivity index (χ1) is 11.2. The molecule has 6 heteroatoms. The average molecular weight is 319 g/mol. The summed E-state index contributed by atoms with van der Waals surface area (Å²) in [6, 6.07) is 6.95. The van der Waals surface area contributed by atoms with E-state index < -0.39 is 0 Å². The van der Waals surface area contributed by atoms with Crippen LogP contribution in [0.5, 0.6) is 11.5 Å². The Balaban J connectivity index is 1.49. The normalized spacial score (nSPS) is 31.1. The quantitative estimate of drug-likeness (QED) is 0.770. The first-order valence-corrected chi connectivity index (χ1v) is 8.55. The molecule has 0 bridgehead atoms. The van der Waals surface area contributed by atoms with Crippen molar-refractivity contribution in [3.8, 4) is 11.5 Å². The van der Waals surface area contributed by atoms with E-state index >= 15 is 0 Å². The average Bonchev–Trinajstić information content (AvgIpc) is 3.20. The maximum absolute atomic E-state index is 9.94. The van der Waals surface area contributed by atoms with Gasteiger partial charge in [-0.3, -0.25) is 5.43 Å². The first-order valence-electron chi connectivity index (χ1n) is 8.55. The molecule has 4 rings (SSSR count). The van der Waals surface area contributed by atoms with Crippen molar-refractivity contribution in [2.24, 2.45) is 5.92 Å². The number of hydrogen-bond acceptors (Lipinski definition) is 6. The molecule has 0 aliphatic carbocycles. The van der Waals surface area contributed by atoms with Crippen LogP contribution in [0.25, 0.3) is 0 Å². The molecule has 2 saturated heterocycles. The summed E-state index contributed by atoms with van der Waals surface area (Å²) in [6.07, 6.45) is 1.69. The summed E-state index contributed by atoms with van der Waals surface area (Å²) < 4.78 is 10.9. The van der Waals surface area contributed by atoms with Crippen LogP contribution in [0.3, 0.4) is 0 Å². The number of benzene rings is 1. The van der Waals surface area contributed by atoms with E-state index in [-0.39, 0.29) is 12.1 Å². The number of nitrogens with zero attached hydrogens (tertiary/aromatic N) is 1. The van der Waals surface area contributed by atoms with E-state index in [0.29, 0.717) is 18.8 Å². The standard InChI is InChI=1S/C17H25N3O3/c1-2-12(21)8-20-6-5-14-13(9-20)17(19-18-14)11-3-4-15-16(7-11)23-10-22-15/h3-4,7,12-14,17-19,21H,2,5-6,8-10H2,1H3. The zero-order valence-electron chi connectivity index (χ0n) is 13.5. The minimum atomic E-state index is -0.224. The van der Waals surface area contributed by atoms with Crippen molar-refractivity contribution in [1.29, 1.82) is 0 Å². The Bertz CT molecular complexity index is 568. The molecule has 0 saturated carbocycles. The lowest BCUT2D eigenvalue weighted by atomic mass is 9.85. The zero-order chi connectivity index (χ0) is 15.8. The Kier molecular flexibility index (Phi) is 4.15. The lowest BCUT2D eigenvalue weighted by molar-refractivity contribution is 0.0757. The van der Waals surface area contributed by atoms with Gasteiger partial charge in [-0.2, -0.15) is 0 Å². The second kappa shape index (κ2) is 6.28.